The third kappa shape index (κ3) is 2.32. The zero-order valence-electron chi connectivity index (χ0n) is 9.13. The summed E-state index contributed by atoms with van der Waals surface area (Å²) < 4.78 is 0. The molecule has 0 saturated carbocycles. The normalized spacial score (nSPS) is 10.3. The number of hydrogen-bond donors (Lipinski definition) is 0. The molecule has 0 spiro atoms. The molecular formula is C10H16N2OS. The number of nitrogens with zero attached hydrogens (tertiary/aromatic N) is 2. The second-order valence-electron chi connectivity index (χ2n) is 3.47. The lowest BCUT2D eigenvalue weighted by molar-refractivity contribution is 0.101. The van der Waals surface area contributed by atoms with Gasteiger partial charge in [-0.05, 0) is 6.42 Å². The highest BCUT2D eigenvalue weighted by Crippen LogP contribution is 2.26. The minimum absolute atomic E-state index is 0.0674. The zero-order valence-corrected chi connectivity index (χ0v) is 9.94. The van der Waals surface area contributed by atoms with Gasteiger partial charge in [0.15, 0.2) is 10.9 Å². The van der Waals surface area contributed by atoms with Gasteiger partial charge in [-0.1, -0.05) is 13.3 Å². The summed E-state index contributed by atoms with van der Waals surface area (Å²) in [6.45, 7) is 3.69. The average molecular weight is 212 g/mol. The fraction of sp³-hybridized carbons (Fsp3) is 0.600. The van der Waals surface area contributed by atoms with Gasteiger partial charge in [0.1, 0.15) is 5.69 Å². The van der Waals surface area contributed by atoms with Gasteiger partial charge in [-0.15, -0.1) is 11.3 Å². The Kier molecular flexibility index (Phi) is 3.63. The Morgan fingerprint density at radius 3 is 2.57 bits per heavy atom. The smallest absolute Gasteiger partial charge is 0.185 e. The Balaban J connectivity index is 3.05. The highest BCUT2D eigenvalue weighted by Gasteiger charge is 2.14. The van der Waals surface area contributed by atoms with E-state index >= 15 is 0 Å². The molecule has 0 N–H and O–H groups in total. The van der Waals surface area contributed by atoms with E-state index in [1.165, 1.54) is 0 Å². The van der Waals surface area contributed by atoms with Crippen LogP contribution in [0.2, 0.25) is 0 Å². The van der Waals surface area contributed by atoms with Crippen molar-refractivity contribution < 1.29 is 4.79 Å². The van der Waals surface area contributed by atoms with Crippen LogP contribution < -0.4 is 4.90 Å². The van der Waals surface area contributed by atoms with E-state index in [1.807, 2.05) is 19.0 Å². The summed E-state index contributed by atoms with van der Waals surface area (Å²) >= 11 is 1.61. The third-order valence-electron chi connectivity index (χ3n) is 1.88. The summed E-state index contributed by atoms with van der Waals surface area (Å²) in [5.41, 5.74) is 0.653. The predicted molar refractivity (Wildman–Crippen MR) is 60.4 cm³/mol. The number of Topliss-reactive ketones (excluding diaryl/α,β-unsaturated/α-hetero) is 1. The Hall–Kier alpha value is -0.900. The largest absolute Gasteiger partial charge is 0.354 e. The maximum absolute atomic E-state index is 11.3. The number of carbonyl (C=O) groups is 1. The summed E-state index contributed by atoms with van der Waals surface area (Å²) in [7, 11) is 3.89. The molecule has 0 aliphatic heterocycles. The van der Waals surface area contributed by atoms with E-state index in [0.29, 0.717) is 5.69 Å². The van der Waals surface area contributed by atoms with Crippen LogP contribution in [0.4, 0.5) is 5.13 Å². The van der Waals surface area contributed by atoms with Crippen molar-refractivity contribution in [3.63, 3.8) is 0 Å². The van der Waals surface area contributed by atoms with Crippen LogP contribution in [0.5, 0.6) is 0 Å². The number of aromatic nitrogens is 1. The molecule has 0 fully saturated rings. The van der Waals surface area contributed by atoms with Crippen molar-refractivity contribution in [2.75, 3.05) is 19.0 Å². The molecule has 0 atom stereocenters. The molecule has 0 aromatic carbocycles. The summed E-state index contributed by atoms with van der Waals surface area (Å²) in [5.74, 6) is 0.0674. The molecule has 1 aromatic heterocycles. The van der Waals surface area contributed by atoms with Crippen LogP contribution >= 0.6 is 11.3 Å². The molecule has 0 unspecified atom stereocenters. The number of aryl methyl sites for hydroxylation is 1. The SMILES string of the molecule is CCCc1sc(N(C)C)nc1C(C)=O. The molecule has 4 heteroatoms. The molecule has 3 nitrogen and oxygen atoms in total. The second-order valence-corrected chi connectivity index (χ2v) is 4.53. The molecule has 0 saturated heterocycles. The number of anilines is 1. The van der Waals surface area contributed by atoms with Gasteiger partial charge in [0, 0.05) is 25.9 Å². The van der Waals surface area contributed by atoms with Gasteiger partial charge in [-0.2, -0.15) is 0 Å². The Morgan fingerprint density at radius 1 is 1.50 bits per heavy atom. The maximum atomic E-state index is 11.3. The van der Waals surface area contributed by atoms with Gasteiger partial charge in [-0.3, -0.25) is 4.79 Å². The summed E-state index contributed by atoms with van der Waals surface area (Å²) in [4.78, 5) is 18.7. The number of thiazole rings is 1. The molecule has 0 aliphatic carbocycles. The fourth-order valence-electron chi connectivity index (χ4n) is 1.20. The lowest BCUT2D eigenvalue weighted by atomic mass is 10.2. The van der Waals surface area contributed by atoms with Crippen LogP contribution in [0.25, 0.3) is 0 Å². The van der Waals surface area contributed by atoms with Crippen molar-refractivity contribution in [1.29, 1.82) is 0 Å². The van der Waals surface area contributed by atoms with Crippen LogP contribution in [0.3, 0.4) is 0 Å². The highest BCUT2D eigenvalue weighted by molar-refractivity contribution is 7.15. The van der Waals surface area contributed by atoms with E-state index in [4.69, 9.17) is 0 Å². The molecular weight excluding hydrogens is 196 g/mol. The minimum Gasteiger partial charge on any atom is -0.354 e. The first kappa shape index (κ1) is 11.2. The number of hydrogen-bond acceptors (Lipinski definition) is 4. The Labute approximate surface area is 88.8 Å². The third-order valence-corrected chi connectivity index (χ3v) is 3.16. The predicted octanol–water partition coefficient (Wildman–Crippen LogP) is 2.36. The van der Waals surface area contributed by atoms with Crippen LogP contribution in [0.1, 0.15) is 35.6 Å². The molecule has 14 heavy (non-hydrogen) atoms. The number of rotatable bonds is 4. The lowest BCUT2D eigenvalue weighted by Crippen LogP contribution is -2.08. The van der Waals surface area contributed by atoms with E-state index in [-0.39, 0.29) is 5.78 Å². The Morgan fingerprint density at radius 2 is 2.14 bits per heavy atom. The monoisotopic (exact) mass is 212 g/mol. The van der Waals surface area contributed by atoms with E-state index in [1.54, 1.807) is 18.3 Å². The first-order chi connectivity index (χ1) is 6.56. The molecule has 0 bridgehead atoms. The van der Waals surface area contributed by atoms with E-state index in [9.17, 15) is 4.79 Å². The van der Waals surface area contributed by atoms with Crippen molar-refractivity contribution >= 4 is 22.3 Å². The van der Waals surface area contributed by atoms with E-state index < -0.39 is 0 Å². The van der Waals surface area contributed by atoms with Crippen molar-refractivity contribution in [2.45, 2.75) is 26.7 Å². The van der Waals surface area contributed by atoms with E-state index in [2.05, 4.69) is 11.9 Å². The topological polar surface area (TPSA) is 33.2 Å². The summed E-state index contributed by atoms with van der Waals surface area (Å²) in [6.07, 6.45) is 2.00. The van der Waals surface area contributed by atoms with E-state index in [0.717, 1.165) is 22.9 Å². The molecule has 1 aromatic rings. The first-order valence-corrected chi connectivity index (χ1v) is 5.55. The van der Waals surface area contributed by atoms with Gasteiger partial charge < -0.3 is 4.90 Å². The maximum Gasteiger partial charge on any atom is 0.185 e. The van der Waals surface area contributed by atoms with Crippen LogP contribution in [-0.2, 0) is 6.42 Å². The van der Waals surface area contributed by atoms with Gasteiger partial charge >= 0.3 is 0 Å². The molecule has 1 rings (SSSR count). The second kappa shape index (κ2) is 4.55. The van der Waals surface area contributed by atoms with Crippen molar-refractivity contribution in [3.05, 3.63) is 10.6 Å². The molecule has 0 amide bonds. The standard InChI is InChI=1S/C10H16N2OS/c1-5-6-8-9(7(2)13)11-10(14-8)12(3)4/h5-6H2,1-4H3. The zero-order chi connectivity index (χ0) is 10.7. The van der Waals surface area contributed by atoms with Crippen molar-refractivity contribution in [3.8, 4) is 0 Å². The molecule has 0 aliphatic rings. The minimum atomic E-state index is 0.0674. The number of carbonyl (C=O) groups excluding carboxylic acids is 1. The molecule has 0 radical (unpaired) electrons. The van der Waals surface area contributed by atoms with Crippen molar-refractivity contribution in [2.24, 2.45) is 0 Å². The van der Waals surface area contributed by atoms with Gasteiger partial charge in [0.05, 0.1) is 0 Å². The van der Waals surface area contributed by atoms with Crippen molar-refractivity contribution in [1.82, 2.24) is 4.98 Å². The van der Waals surface area contributed by atoms with Gasteiger partial charge in [0.25, 0.3) is 0 Å². The van der Waals surface area contributed by atoms with Crippen LogP contribution in [0, 0.1) is 0 Å². The van der Waals surface area contributed by atoms with Crippen LogP contribution in [-0.4, -0.2) is 24.9 Å². The fourth-order valence-corrected chi connectivity index (χ4v) is 2.33. The highest BCUT2D eigenvalue weighted by atomic mass is 32.1. The summed E-state index contributed by atoms with van der Waals surface area (Å²) in [5, 5.41) is 0.915. The molecule has 78 valence electrons. The van der Waals surface area contributed by atoms with Gasteiger partial charge in [0.2, 0.25) is 0 Å². The lowest BCUT2D eigenvalue weighted by Gasteiger charge is -2.05. The van der Waals surface area contributed by atoms with Crippen LogP contribution in [0.15, 0.2) is 0 Å². The average Bonchev–Trinajstić information content (AvgIpc) is 2.49. The van der Waals surface area contributed by atoms with Gasteiger partial charge in [-0.25, -0.2) is 4.98 Å². The Bertz CT molecular complexity index is 331. The molecule has 1 heterocycles. The summed E-state index contributed by atoms with van der Waals surface area (Å²) in [6, 6.07) is 0. The quantitative estimate of drug-likeness (QED) is 0.718. The first-order valence-electron chi connectivity index (χ1n) is 4.74. The number of ketones is 1.